The fraction of sp³-hybridized carbons (Fsp3) is 0.440. The molecule has 1 aliphatic rings. The molecule has 1 fully saturated rings. The van der Waals surface area contributed by atoms with Gasteiger partial charge in [-0.15, -0.1) is 0 Å². The first-order valence-corrected chi connectivity index (χ1v) is 12.8. The van der Waals surface area contributed by atoms with Crippen LogP contribution < -0.4 is 4.90 Å². The van der Waals surface area contributed by atoms with Gasteiger partial charge in [-0.3, -0.25) is 4.79 Å². The molecule has 1 saturated heterocycles. The van der Waals surface area contributed by atoms with Crippen molar-refractivity contribution in [2.24, 2.45) is 0 Å². The van der Waals surface area contributed by atoms with Crippen LogP contribution in [0.1, 0.15) is 45.7 Å². The van der Waals surface area contributed by atoms with Crippen LogP contribution in [0.25, 0.3) is 0 Å². The molecular weight excluding hydrogens is 456 g/mol. The number of nitrogens with zero attached hydrogens (tertiary/aromatic N) is 2. The summed E-state index contributed by atoms with van der Waals surface area (Å²) in [6.45, 7) is 5.67. The van der Waals surface area contributed by atoms with Crippen molar-refractivity contribution in [3.8, 4) is 0 Å². The molecule has 184 valence electrons. The number of esters is 1. The summed E-state index contributed by atoms with van der Waals surface area (Å²) in [6.07, 6.45) is 1.48. The van der Waals surface area contributed by atoms with Crippen LogP contribution in [-0.2, 0) is 32.3 Å². The van der Waals surface area contributed by atoms with Crippen LogP contribution in [0.2, 0.25) is 0 Å². The second-order valence-electron chi connectivity index (χ2n) is 8.26. The van der Waals surface area contributed by atoms with Gasteiger partial charge in [0.15, 0.2) is 6.61 Å². The second kappa shape index (κ2) is 11.1. The number of morpholine rings is 1. The maximum atomic E-state index is 13.1. The van der Waals surface area contributed by atoms with E-state index in [0.29, 0.717) is 44.0 Å². The van der Waals surface area contributed by atoms with E-state index in [0.717, 1.165) is 21.9 Å². The third-order valence-electron chi connectivity index (χ3n) is 5.92. The Morgan fingerprint density at radius 2 is 1.71 bits per heavy atom. The minimum atomic E-state index is -3.76. The van der Waals surface area contributed by atoms with Gasteiger partial charge < -0.3 is 14.4 Å². The van der Waals surface area contributed by atoms with E-state index in [1.165, 1.54) is 26.2 Å². The van der Waals surface area contributed by atoms with Gasteiger partial charge in [-0.25, -0.2) is 17.5 Å². The van der Waals surface area contributed by atoms with Gasteiger partial charge in [0.1, 0.15) is 0 Å². The summed E-state index contributed by atoms with van der Waals surface area (Å²) in [6, 6.07) is 10.2. The number of carbonyl (C=O) groups excluding carboxylic acids is 2. The third-order valence-corrected chi connectivity index (χ3v) is 7.73. The summed E-state index contributed by atoms with van der Waals surface area (Å²) >= 11 is 0. The van der Waals surface area contributed by atoms with Gasteiger partial charge in [-0.05, 0) is 48.2 Å². The van der Waals surface area contributed by atoms with E-state index in [-0.39, 0.29) is 16.2 Å². The first kappa shape index (κ1) is 25.9. The maximum absolute atomic E-state index is 13.1. The van der Waals surface area contributed by atoms with Crippen molar-refractivity contribution in [2.75, 3.05) is 51.9 Å². The first-order valence-electron chi connectivity index (χ1n) is 11.4. The van der Waals surface area contributed by atoms with Crippen LogP contribution in [0.15, 0.2) is 41.3 Å². The number of aryl methyl sites for hydroxylation is 2. The number of benzene rings is 2. The molecule has 0 N–H and O–H groups in total. The summed E-state index contributed by atoms with van der Waals surface area (Å²) in [5.41, 5.74) is 3.14. The summed E-state index contributed by atoms with van der Waals surface area (Å²) in [5.74, 6) is -1.03. The monoisotopic (exact) mass is 488 g/mol. The first-order chi connectivity index (χ1) is 16.2. The molecule has 0 atom stereocenters. The van der Waals surface area contributed by atoms with Crippen molar-refractivity contribution >= 4 is 27.5 Å². The highest BCUT2D eigenvalue weighted by Crippen LogP contribution is 2.27. The molecule has 2 aromatic rings. The molecule has 9 heteroatoms. The van der Waals surface area contributed by atoms with Crippen LogP contribution in [0.5, 0.6) is 0 Å². The number of carbonyl (C=O) groups is 2. The Hall–Kier alpha value is -2.75. The van der Waals surface area contributed by atoms with Gasteiger partial charge in [0, 0.05) is 32.7 Å². The van der Waals surface area contributed by atoms with E-state index >= 15 is 0 Å². The molecule has 0 aliphatic carbocycles. The van der Waals surface area contributed by atoms with Gasteiger partial charge in [0.2, 0.25) is 15.8 Å². The topological polar surface area (TPSA) is 93.2 Å². The van der Waals surface area contributed by atoms with E-state index in [4.69, 9.17) is 9.47 Å². The van der Waals surface area contributed by atoms with Crippen LogP contribution in [0.4, 0.5) is 5.69 Å². The number of ketones is 1. The quantitative estimate of drug-likeness (QED) is 0.396. The van der Waals surface area contributed by atoms with E-state index in [9.17, 15) is 18.0 Å². The number of hydrogen-bond acceptors (Lipinski definition) is 7. The molecular formula is C25H32N2O6S. The molecule has 0 aromatic heterocycles. The number of sulfonamides is 1. The normalized spacial score (nSPS) is 14.3. The number of ether oxygens (including phenoxy) is 2. The lowest BCUT2D eigenvalue weighted by Crippen LogP contribution is -2.37. The average Bonchev–Trinajstić information content (AvgIpc) is 2.86. The summed E-state index contributed by atoms with van der Waals surface area (Å²) in [4.78, 5) is 28.0. The molecule has 0 bridgehead atoms. The smallest absolute Gasteiger partial charge is 0.340 e. The standard InChI is InChI=1S/C25H32N2O6S/c1-5-18-7-8-19(6-2)21(15-18)24(28)17-33-25(29)22-16-20(34(30,31)26(3)4)9-10-23(22)27-11-13-32-14-12-27/h7-10,15-16H,5-6,11-14,17H2,1-4H3. The number of hydrogen-bond donors (Lipinski definition) is 0. The van der Waals surface area contributed by atoms with Gasteiger partial charge in [-0.2, -0.15) is 0 Å². The molecule has 1 aliphatic heterocycles. The molecule has 0 spiro atoms. The van der Waals surface area contributed by atoms with Crippen molar-refractivity contribution in [3.63, 3.8) is 0 Å². The second-order valence-corrected chi connectivity index (χ2v) is 10.4. The van der Waals surface area contributed by atoms with Crippen molar-refractivity contribution in [1.82, 2.24) is 4.31 Å². The van der Waals surface area contributed by atoms with Crippen LogP contribution in [0, 0.1) is 0 Å². The zero-order chi connectivity index (χ0) is 24.9. The fourth-order valence-corrected chi connectivity index (χ4v) is 4.76. The fourth-order valence-electron chi connectivity index (χ4n) is 3.83. The van der Waals surface area contributed by atoms with Crippen LogP contribution >= 0.6 is 0 Å². The van der Waals surface area contributed by atoms with E-state index < -0.39 is 22.6 Å². The van der Waals surface area contributed by atoms with Gasteiger partial charge >= 0.3 is 5.97 Å². The average molecular weight is 489 g/mol. The number of anilines is 1. The van der Waals surface area contributed by atoms with Crippen LogP contribution in [-0.4, -0.2) is 71.5 Å². The molecule has 1 heterocycles. The largest absolute Gasteiger partial charge is 0.454 e. The van der Waals surface area contributed by atoms with Gasteiger partial charge in [0.05, 0.1) is 29.4 Å². The highest BCUT2D eigenvalue weighted by Gasteiger charge is 2.25. The Morgan fingerprint density at radius 1 is 1.00 bits per heavy atom. The number of rotatable bonds is 9. The number of Topliss-reactive ketones (excluding diaryl/α,β-unsaturated/α-hetero) is 1. The zero-order valence-electron chi connectivity index (χ0n) is 20.2. The minimum absolute atomic E-state index is 0.0169. The van der Waals surface area contributed by atoms with Gasteiger partial charge in [0.25, 0.3) is 0 Å². The maximum Gasteiger partial charge on any atom is 0.340 e. The van der Waals surface area contributed by atoms with Crippen molar-refractivity contribution in [3.05, 3.63) is 58.7 Å². The molecule has 34 heavy (non-hydrogen) atoms. The van der Waals surface area contributed by atoms with E-state index in [1.807, 2.05) is 36.9 Å². The molecule has 0 saturated carbocycles. The zero-order valence-corrected chi connectivity index (χ0v) is 21.0. The van der Waals surface area contributed by atoms with E-state index in [1.54, 1.807) is 6.07 Å². The third kappa shape index (κ3) is 5.65. The van der Waals surface area contributed by atoms with Crippen molar-refractivity contribution in [2.45, 2.75) is 31.6 Å². The minimum Gasteiger partial charge on any atom is -0.454 e. The Balaban J connectivity index is 1.89. The highest BCUT2D eigenvalue weighted by molar-refractivity contribution is 7.89. The Kier molecular flexibility index (Phi) is 8.46. The molecule has 0 radical (unpaired) electrons. The summed E-state index contributed by atoms with van der Waals surface area (Å²) < 4.78 is 37.2. The Labute approximate surface area is 201 Å². The van der Waals surface area contributed by atoms with Crippen LogP contribution in [0.3, 0.4) is 0 Å². The van der Waals surface area contributed by atoms with Crippen molar-refractivity contribution in [1.29, 1.82) is 0 Å². The SMILES string of the molecule is CCc1ccc(CC)c(C(=O)COC(=O)c2cc(S(=O)(=O)N(C)C)ccc2N2CCOCC2)c1. The summed E-state index contributed by atoms with van der Waals surface area (Å²) in [5, 5.41) is 0. The molecule has 3 rings (SSSR count). The lowest BCUT2D eigenvalue weighted by Gasteiger charge is -2.30. The molecule has 8 nitrogen and oxygen atoms in total. The van der Waals surface area contributed by atoms with Crippen molar-refractivity contribution < 1.29 is 27.5 Å². The Bertz CT molecular complexity index is 1150. The molecule has 2 aromatic carbocycles. The highest BCUT2D eigenvalue weighted by atomic mass is 32.2. The molecule has 0 amide bonds. The van der Waals surface area contributed by atoms with Gasteiger partial charge in [-0.1, -0.05) is 26.0 Å². The predicted molar refractivity (Wildman–Crippen MR) is 130 cm³/mol. The van der Waals surface area contributed by atoms with E-state index in [2.05, 4.69) is 0 Å². The summed E-state index contributed by atoms with van der Waals surface area (Å²) in [7, 11) is -0.900. The molecule has 0 unspecified atom stereocenters. The lowest BCUT2D eigenvalue weighted by molar-refractivity contribution is 0.0474. The predicted octanol–water partition coefficient (Wildman–Crippen LogP) is 2.94. The lowest BCUT2D eigenvalue weighted by atomic mass is 9.98. The Morgan fingerprint density at radius 3 is 2.32 bits per heavy atom.